The second kappa shape index (κ2) is 10.0. The van der Waals surface area contributed by atoms with Crippen LogP contribution in [-0.4, -0.2) is 78.7 Å². The number of benzene rings is 1. The first-order chi connectivity index (χ1) is 14.5. The molecule has 1 saturated heterocycles. The van der Waals surface area contributed by atoms with Crippen molar-refractivity contribution in [1.82, 2.24) is 15.1 Å². The van der Waals surface area contributed by atoms with E-state index in [1.807, 2.05) is 0 Å². The molecule has 1 aromatic carbocycles. The number of hydrogen-bond donors (Lipinski definition) is 1. The van der Waals surface area contributed by atoms with Crippen LogP contribution < -0.4 is 5.32 Å². The summed E-state index contributed by atoms with van der Waals surface area (Å²) in [6.45, 7) is 1.89. The van der Waals surface area contributed by atoms with Gasteiger partial charge in [0.2, 0.25) is 5.91 Å². The first-order valence-corrected chi connectivity index (χ1v) is 10.6. The fourth-order valence-electron chi connectivity index (χ4n) is 3.78. The molecule has 0 aromatic heterocycles. The summed E-state index contributed by atoms with van der Waals surface area (Å²) < 4.78 is 4.97. The Kier molecular flexibility index (Phi) is 7.44. The van der Waals surface area contributed by atoms with Gasteiger partial charge in [0, 0.05) is 57.3 Å². The van der Waals surface area contributed by atoms with Crippen molar-refractivity contribution in [2.24, 2.45) is 0 Å². The number of fused-ring (bicyclic) bond motifs is 1. The maximum Gasteiger partial charge on any atom is 0.261 e. The van der Waals surface area contributed by atoms with Gasteiger partial charge in [-0.05, 0) is 37.5 Å². The minimum Gasteiger partial charge on any atom is -0.385 e. The van der Waals surface area contributed by atoms with Crippen molar-refractivity contribution in [3.63, 3.8) is 0 Å². The highest BCUT2D eigenvalue weighted by atomic mass is 35.5. The molecule has 1 N–H and O–H groups in total. The monoisotopic (exact) mass is 435 g/mol. The highest BCUT2D eigenvalue weighted by Crippen LogP contribution is 2.24. The van der Waals surface area contributed by atoms with Gasteiger partial charge in [-0.25, -0.2) is 0 Å². The predicted octanol–water partition coefficient (Wildman–Crippen LogP) is 1.67. The van der Waals surface area contributed by atoms with Crippen LogP contribution in [0, 0.1) is 0 Å². The van der Waals surface area contributed by atoms with E-state index in [0.29, 0.717) is 62.4 Å². The fourth-order valence-corrected chi connectivity index (χ4v) is 3.94. The largest absolute Gasteiger partial charge is 0.385 e. The number of rotatable bonds is 8. The normalized spacial score (nSPS) is 16.7. The number of imide groups is 1. The number of nitrogens with zero attached hydrogens (tertiary/aromatic N) is 2. The number of piperidine rings is 1. The lowest BCUT2D eigenvalue weighted by Gasteiger charge is -2.32. The molecule has 2 aliphatic rings. The molecular formula is C21H26ClN3O5. The molecule has 2 heterocycles. The van der Waals surface area contributed by atoms with Crippen molar-refractivity contribution in [3.05, 3.63) is 34.9 Å². The number of halogens is 1. The van der Waals surface area contributed by atoms with Crippen molar-refractivity contribution >= 4 is 35.2 Å². The summed E-state index contributed by atoms with van der Waals surface area (Å²) in [6, 6.07) is 4.54. The van der Waals surface area contributed by atoms with Gasteiger partial charge in [0.15, 0.2) is 0 Å². The van der Waals surface area contributed by atoms with Crippen LogP contribution in [0.4, 0.5) is 0 Å². The van der Waals surface area contributed by atoms with E-state index in [9.17, 15) is 19.2 Å². The molecule has 0 atom stereocenters. The highest BCUT2D eigenvalue weighted by Gasteiger charge is 2.35. The van der Waals surface area contributed by atoms with Gasteiger partial charge in [0.1, 0.15) is 0 Å². The Morgan fingerprint density at radius 1 is 1.17 bits per heavy atom. The number of alkyl halides is 1. The van der Waals surface area contributed by atoms with Gasteiger partial charge in [-0.15, -0.1) is 11.6 Å². The quantitative estimate of drug-likeness (QED) is 0.380. The second-order valence-corrected chi connectivity index (χ2v) is 7.81. The van der Waals surface area contributed by atoms with Gasteiger partial charge in [-0.3, -0.25) is 24.1 Å². The standard InChI is InChI=1S/C21H26ClN3O5/c1-30-12-2-9-25-20(28)16-4-3-14(13-17(16)21(25)29)19(27)23-15-6-10-24(11-7-15)18(26)5-8-22/h3-4,13,15H,2,5-12H2,1H3,(H,23,27). The molecule has 0 saturated carbocycles. The third kappa shape index (κ3) is 4.82. The molecule has 0 bridgehead atoms. The first-order valence-electron chi connectivity index (χ1n) is 10.1. The Morgan fingerprint density at radius 3 is 2.53 bits per heavy atom. The van der Waals surface area contributed by atoms with E-state index in [4.69, 9.17) is 16.3 Å². The smallest absolute Gasteiger partial charge is 0.261 e. The zero-order valence-corrected chi connectivity index (χ0v) is 17.7. The van der Waals surface area contributed by atoms with Crippen molar-refractivity contribution < 1.29 is 23.9 Å². The molecule has 3 rings (SSSR count). The number of carbonyl (C=O) groups is 4. The predicted molar refractivity (Wildman–Crippen MR) is 111 cm³/mol. The summed E-state index contributed by atoms with van der Waals surface area (Å²) in [5.74, 6) is -0.675. The maximum atomic E-state index is 12.7. The van der Waals surface area contributed by atoms with Gasteiger partial charge in [0.25, 0.3) is 17.7 Å². The first kappa shape index (κ1) is 22.2. The number of hydrogen-bond acceptors (Lipinski definition) is 5. The van der Waals surface area contributed by atoms with Crippen molar-refractivity contribution in [2.45, 2.75) is 31.7 Å². The number of ether oxygens (including phenoxy) is 1. The minimum atomic E-state index is -0.383. The molecule has 0 unspecified atom stereocenters. The summed E-state index contributed by atoms with van der Waals surface area (Å²) in [6.07, 6.45) is 2.20. The third-order valence-electron chi connectivity index (χ3n) is 5.45. The molecule has 1 fully saturated rings. The molecule has 2 aliphatic heterocycles. The van der Waals surface area contributed by atoms with Gasteiger partial charge in [0.05, 0.1) is 11.1 Å². The molecule has 0 aliphatic carbocycles. The minimum absolute atomic E-state index is 0.0339. The molecule has 1 aromatic rings. The molecule has 9 heteroatoms. The van der Waals surface area contributed by atoms with E-state index in [0.717, 1.165) is 0 Å². The van der Waals surface area contributed by atoms with E-state index in [-0.39, 0.29) is 41.8 Å². The average Bonchev–Trinajstić information content (AvgIpc) is 2.99. The van der Waals surface area contributed by atoms with Crippen molar-refractivity contribution in [3.8, 4) is 0 Å². The molecular weight excluding hydrogens is 410 g/mol. The summed E-state index contributed by atoms with van der Waals surface area (Å²) in [4.78, 5) is 52.6. The Morgan fingerprint density at radius 2 is 1.87 bits per heavy atom. The summed E-state index contributed by atoms with van der Waals surface area (Å²) >= 11 is 5.62. The number of amides is 4. The second-order valence-electron chi connectivity index (χ2n) is 7.44. The topological polar surface area (TPSA) is 96.0 Å². The zero-order valence-electron chi connectivity index (χ0n) is 17.0. The molecule has 0 spiro atoms. The van der Waals surface area contributed by atoms with Crippen LogP contribution >= 0.6 is 11.6 Å². The number of likely N-dealkylation sites (tertiary alicyclic amines) is 1. The number of carbonyl (C=O) groups excluding carboxylic acids is 4. The Balaban J connectivity index is 1.60. The molecule has 4 amide bonds. The fraction of sp³-hybridized carbons (Fsp3) is 0.524. The highest BCUT2D eigenvalue weighted by molar-refractivity contribution is 6.22. The Hall–Kier alpha value is -2.45. The van der Waals surface area contributed by atoms with Crippen molar-refractivity contribution in [1.29, 1.82) is 0 Å². The van der Waals surface area contributed by atoms with Crippen LogP contribution in [0.5, 0.6) is 0 Å². The lowest BCUT2D eigenvalue weighted by molar-refractivity contribution is -0.131. The van der Waals surface area contributed by atoms with Gasteiger partial charge in [-0.2, -0.15) is 0 Å². The van der Waals surface area contributed by atoms with Gasteiger partial charge in [-0.1, -0.05) is 0 Å². The van der Waals surface area contributed by atoms with Crippen LogP contribution in [-0.2, 0) is 9.53 Å². The summed E-state index contributed by atoms with van der Waals surface area (Å²) in [5.41, 5.74) is 0.918. The number of methoxy groups -OCH3 is 1. The zero-order chi connectivity index (χ0) is 21.7. The average molecular weight is 436 g/mol. The third-order valence-corrected chi connectivity index (χ3v) is 5.64. The lowest BCUT2D eigenvalue weighted by atomic mass is 10.0. The van der Waals surface area contributed by atoms with Crippen LogP contribution in [0.25, 0.3) is 0 Å². The van der Waals surface area contributed by atoms with Crippen LogP contribution in [0.1, 0.15) is 56.8 Å². The van der Waals surface area contributed by atoms with Gasteiger partial charge < -0.3 is 15.0 Å². The maximum absolute atomic E-state index is 12.7. The molecule has 8 nitrogen and oxygen atoms in total. The Bertz CT molecular complexity index is 836. The van der Waals surface area contributed by atoms with Crippen LogP contribution in [0.15, 0.2) is 18.2 Å². The van der Waals surface area contributed by atoms with E-state index < -0.39 is 0 Å². The van der Waals surface area contributed by atoms with Crippen LogP contribution in [0.2, 0.25) is 0 Å². The van der Waals surface area contributed by atoms with E-state index in [2.05, 4.69) is 5.32 Å². The van der Waals surface area contributed by atoms with Crippen LogP contribution in [0.3, 0.4) is 0 Å². The van der Waals surface area contributed by atoms with Gasteiger partial charge >= 0.3 is 0 Å². The molecule has 30 heavy (non-hydrogen) atoms. The van der Waals surface area contributed by atoms with E-state index >= 15 is 0 Å². The molecule has 162 valence electrons. The lowest BCUT2D eigenvalue weighted by Crippen LogP contribution is -2.46. The van der Waals surface area contributed by atoms with E-state index in [1.54, 1.807) is 18.1 Å². The summed E-state index contributed by atoms with van der Waals surface area (Å²) in [7, 11) is 1.56. The SMILES string of the molecule is COCCCN1C(=O)c2ccc(C(=O)NC3CCN(C(=O)CCCl)CC3)cc2C1=O. The van der Waals surface area contributed by atoms with Crippen molar-refractivity contribution in [2.75, 3.05) is 39.2 Å². The Labute approximate surface area is 180 Å². The summed E-state index contributed by atoms with van der Waals surface area (Å²) in [5, 5.41) is 2.97. The van der Waals surface area contributed by atoms with E-state index in [1.165, 1.54) is 17.0 Å². The molecule has 0 radical (unpaired) electrons. The number of nitrogens with one attached hydrogen (secondary N) is 1.